The highest BCUT2D eigenvalue weighted by Crippen LogP contribution is 2.28. The second-order valence-corrected chi connectivity index (χ2v) is 9.52. The molecule has 0 radical (unpaired) electrons. The summed E-state index contributed by atoms with van der Waals surface area (Å²) in [5, 5.41) is 2.75. The highest BCUT2D eigenvalue weighted by atomic mass is 32.2. The molecule has 1 aromatic heterocycles. The number of rotatable bonds is 7. The van der Waals surface area contributed by atoms with Crippen molar-refractivity contribution in [1.82, 2.24) is 14.3 Å². The average molecular weight is 456 g/mol. The quantitative estimate of drug-likeness (QED) is 0.568. The maximum absolute atomic E-state index is 12.7. The van der Waals surface area contributed by atoms with Crippen LogP contribution >= 0.6 is 0 Å². The molecule has 3 aromatic rings. The number of sulfonamides is 1. The van der Waals surface area contributed by atoms with Crippen molar-refractivity contribution in [1.29, 1.82) is 0 Å². The Balaban J connectivity index is 1.45. The molecule has 1 unspecified atom stereocenters. The number of anilines is 2. The van der Waals surface area contributed by atoms with Crippen LogP contribution < -0.4 is 10.2 Å². The molecule has 32 heavy (non-hydrogen) atoms. The van der Waals surface area contributed by atoms with Crippen LogP contribution in [0.5, 0.6) is 0 Å². The van der Waals surface area contributed by atoms with Gasteiger partial charge in [0.25, 0.3) is 0 Å². The molecule has 0 aliphatic carbocycles. The first kappa shape index (κ1) is 22.0. The van der Waals surface area contributed by atoms with Crippen molar-refractivity contribution in [3.05, 3.63) is 48.5 Å². The third kappa shape index (κ3) is 4.11. The third-order valence-electron chi connectivity index (χ3n) is 5.62. The summed E-state index contributed by atoms with van der Waals surface area (Å²) in [5.74, 6) is -0.669. The van der Waals surface area contributed by atoms with E-state index >= 15 is 0 Å². The summed E-state index contributed by atoms with van der Waals surface area (Å²) in [6, 6.07) is 13.6. The molecular formula is C22H25N5O4S. The lowest BCUT2D eigenvalue weighted by Gasteiger charge is -2.20. The van der Waals surface area contributed by atoms with Crippen LogP contribution in [0.3, 0.4) is 0 Å². The van der Waals surface area contributed by atoms with E-state index in [0.29, 0.717) is 24.7 Å². The fraction of sp³-hybridized carbons (Fsp3) is 0.318. The number of fused-ring (bicyclic) bond motifs is 1. The molecule has 0 spiro atoms. The molecular weight excluding hydrogens is 430 g/mol. The summed E-state index contributed by atoms with van der Waals surface area (Å²) in [4.78, 5) is 34.3. The molecule has 1 aliphatic rings. The number of amides is 2. The normalized spacial score (nSPS) is 16.8. The topological polar surface area (TPSA) is 115 Å². The van der Waals surface area contributed by atoms with Crippen LogP contribution in [0.2, 0.25) is 0 Å². The van der Waals surface area contributed by atoms with Crippen LogP contribution in [0, 0.1) is 5.92 Å². The standard InChI is InChI=1S/C22H25N5O4S/c1-3-26(4-2)32(30,31)17-11-9-16(10-12-17)27-14-15(13-20(27)28)21(29)25-22-23-18-7-5-6-8-19(18)24-22/h5-12,15H,3-4,13-14H2,1-2H3,(H2,23,24,25,29). The first-order valence-electron chi connectivity index (χ1n) is 10.5. The number of carbonyl (C=O) groups excluding carboxylic acids is 2. The van der Waals surface area contributed by atoms with Crippen molar-refractivity contribution >= 4 is 44.5 Å². The van der Waals surface area contributed by atoms with E-state index in [-0.39, 0.29) is 29.7 Å². The number of aromatic nitrogens is 2. The lowest BCUT2D eigenvalue weighted by Crippen LogP contribution is -2.31. The van der Waals surface area contributed by atoms with E-state index in [1.165, 1.54) is 21.3 Å². The Kier molecular flexibility index (Phi) is 5.98. The summed E-state index contributed by atoms with van der Waals surface area (Å²) in [5.41, 5.74) is 2.12. The predicted molar refractivity (Wildman–Crippen MR) is 122 cm³/mol. The summed E-state index contributed by atoms with van der Waals surface area (Å²) in [6.07, 6.45) is 0.0750. The minimum absolute atomic E-state index is 0.0750. The number of carbonyl (C=O) groups is 2. The van der Waals surface area contributed by atoms with Gasteiger partial charge in [0, 0.05) is 31.7 Å². The van der Waals surface area contributed by atoms with Gasteiger partial charge >= 0.3 is 0 Å². The Bertz CT molecular complexity index is 1220. The van der Waals surface area contributed by atoms with Gasteiger partial charge in [-0.2, -0.15) is 4.31 Å². The molecule has 2 amide bonds. The number of hydrogen-bond acceptors (Lipinski definition) is 5. The minimum atomic E-state index is -3.57. The molecule has 168 valence electrons. The van der Waals surface area contributed by atoms with Crippen LogP contribution in [0.1, 0.15) is 20.3 Å². The molecule has 0 saturated carbocycles. The van der Waals surface area contributed by atoms with Gasteiger partial charge in [0.2, 0.25) is 27.8 Å². The molecule has 1 saturated heterocycles. The Hall–Kier alpha value is -3.24. The Morgan fingerprint density at radius 3 is 2.50 bits per heavy atom. The number of nitrogens with zero attached hydrogens (tertiary/aromatic N) is 3. The molecule has 4 rings (SSSR count). The van der Waals surface area contributed by atoms with Crippen LogP contribution in [0.25, 0.3) is 11.0 Å². The summed E-state index contributed by atoms with van der Waals surface area (Å²) in [7, 11) is -3.57. The highest BCUT2D eigenvalue weighted by Gasteiger charge is 2.35. The zero-order valence-corrected chi connectivity index (χ0v) is 18.7. The van der Waals surface area contributed by atoms with Gasteiger partial charge in [-0.3, -0.25) is 14.9 Å². The number of H-pyrrole nitrogens is 1. The third-order valence-corrected chi connectivity index (χ3v) is 7.68. The monoisotopic (exact) mass is 455 g/mol. The first-order valence-corrected chi connectivity index (χ1v) is 11.9. The highest BCUT2D eigenvalue weighted by molar-refractivity contribution is 7.89. The van der Waals surface area contributed by atoms with Crippen molar-refractivity contribution in [2.75, 3.05) is 29.9 Å². The molecule has 2 heterocycles. The second-order valence-electron chi connectivity index (χ2n) is 7.58. The fourth-order valence-electron chi connectivity index (χ4n) is 3.87. The fourth-order valence-corrected chi connectivity index (χ4v) is 5.33. The number of nitrogens with one attached hydrogen (secondary N) is 2. The molecule has 0 bridgehead atoms. The summed E-state index contributed by atoms with van der Waals surface area (Å²) < 4.78 is 26.7. The summed E-state index contributed by atoms with van der Waals surface area (Å²) >= 11 is 0. The van der Waals surface area contributed by atoms with E-state index in [9.17, 15) is 18.0 Å². The largest absolute Gasteiger partial charge is 0.324 e. The molecule has 2 aromatic carbocycles. The number of aromatic amines is 1. The van der Waals surface area contributed by atoms with E-state index in [4.69, 9.17) is 0 Å². The lowest BCUT2D eigenvalue weighted by atomic mass is 10.1. The van der Waals surface area contributed by atoms with Crippen LogP contribution in [0.15, 0.2) is 53.4 Å². The maximum atomic E-state index is 12.7. The number of hydrogen-bond donors (Lipinski definition) is 2. The number of para-hydroxylation sites is 2. The maximum Gasteiger partial charge on any atom is 0.243 e. The predicted octanol–water partition coefficient (Wildman–Crippen LogP) is 2.59. The van der Waals surface area contributed by atoms with Crippen molar-refractivity contribution in [2.24, 2.45) is 5.92 Å². The Morgan fingerprint density at radius 2 is 1.84 bits per heavy atom. The average Bonchev–Trinajstić information content (AvgIpc) is 3.37. The van der Waals surface area contributed by atoms with Gasteiger partial charge in [-0.05, 0) is 36.4 Å². The van der Waals surface area contributed by atoms with Gasteiger partial charge < -0.3 is 9.88 Å². The molecule has 1 atom stereocenters. The Morgan fingerprint density at radius 1 is 1.16 bits per heavy atom. The van der Waals surface area contributed by atoms with Gasteiger partial charge in [0.15, 0.2) is 0 Å². The van der Waals surface area contributed by atoms with Gasteiger partial charge in [-0.1, -0.05) is 26.0 Å². The SMILES string of the molecule is CCN(CC)S(=O)(=O)c1ccc(N2CC(C(=O)Nc3nc4ccccc4[nH]3)CC2=O)cc1. The van der Waals surface area contributed by atoms with Gasteiger partial charge in [-0.25, -0.2) is 13.4 Å². The van der Waals surface area contributed by atoms with Crippen LogP contribution in [0.4, 0.5) is 11.6 Å². The van der Waals surface area contributed by atoms with Gasteiger partial charge in [0.1, 0.15) is 0 Å². The van der Waals surface area contributed by atoms with Gasteiger partial charge in [-0.15, -0.1) is 0 Å². The van der Waals surface area contributed by atoms with E-state index in [2.05, 4.69) is 15.3 Å². The van der Waals surface area contributed by atoms with E-state index < -0.39 is 15.9 Å². The summed E-state index contributed by atoms with van der Waals surface area (Å²) in [6.45, 7) is 4.55. The molecule has 2 N–H and O–H groups in total. The van der Waals surface area contributed by atoms with Crippen molar-refractivity contribution < 1.29 is 18.0 Å². The number of benzene rings is 2. The molecule has 1 fully saturated rings. The molecule has 1 aliphatic heterocycles. The minimum Gasteiger partial charge on any atom is -0.324 e. The van der Waals surface area contributed by atoms with E-state index in [1.54, 1.807) is 26.0 Å². The van der Waals surface area contributed by atoms with Crippen molar-refractivity contribution in [2.45, 2.75) is 25.2 Å². The van der Waals surface area contributed by atoms with Crippen LogP contribution in [-0.2, 0) is 19.6 Å². The smallest absolute Gasteiger partial charge is 0.243 e. The van der Waals surface area contributed by atoms with Gasteiger partial charge in [0.05, 0.1) is 21.8 Å². The number of imidazole rings is 1. The van der Waals surface area contributed by atoms with E-state index in [0.717, 1.165) is 11.0 Å². The van der Waals surface area contributed by atoms with Crippen molar-refractivity contribution in [3.8, 4) is 0 Å². The second kappa shape index (κ2) is 8.71. The Labute approximate surface area is 186 Å². The molecule has 9 nitrogen and oxygen atoms in total. The lowest BCUT2D eigenvalue weighted by molar-refractivity contribution is -0.122. The van der Waals surface area contributed by atoms with Crippen LogP contribution in [-0.4, -0.2) is 54.1 Å². The zero-order valence-electron chi connectivity index (χ0n) is 17.9. The van der Waals surface area contributed by atoms with E-state index in [1.807, 2.05) is 24.3 Å². The van der Waals surface area contributed by atoms with Crippen molar-refractivity contribution in [3.63, 3.8) is 0 Å². The first-order chi connectivity index (χ1) is 15.3. The molecule has 10 heteroatoms. The zero-order chi connectivity index (χ0) is 22.9.